The van der Waals surface area contributed by atoms with Crippen LogP contribution in [0.25, 0.3) is 10.4 Å². The minimum atomic E-state index is -3.61. The van der Waals surface area contributed by atoms with Gasteiger partial charge in [0, 0.05) is 26.1 Å². The lowest BCUT2D eigenvalue weighted by Gasteiger charge is -2.35. The van der Waals surface area contributed by atoms with E-state index in [1.54, 1.807) is 59.9 Å². The summed E-state index contributed by atoms with van der Waals surface area (Å²) in [5.41, 5.74) is 6.99. The summed E-state index contributed by atoms with van der Waals surface area (Å²) in [4.78, 5) is 72.0. The fourth-order valence-electron chi connectivity index (χ4n) is 9.62. The van der Waals surface area contributed by atoms with Crippen molar-refractivity contribution >= 4 is 79.5 Å². The number of piperidine rings is 1. The van der Waals surface area contributed by atoms with Crippen molar-refractivity contribution in [2.45, 2.75) is 135 Å². The molecule has 5 aromatic rings. The monoisotopic (exact) mass is 1140 g/mol. The Bertz CT molecular complexity index is 3070. The number of carbonyl (C=O) groups excluding carboxylic acids is 4. The number of hydrogen-bond donors (Lipinski definition) is 5. The number of aliphatic hydroxyl groups excluding tert-OH is 1. The summed E-state index contributed by atoms with van der Waals surface area (Å²) in [5, 5.41) is 22.4. The third kappa shape index (κ3) is 15.4. The van der Waals surface area contributed by atoms with Crippen LogP contribution in [0, 0.1) is 19.3 Å². The number of thiazole rings is 1. The van der Waals surface area contributed by atoms with Crippen LogP contribution in [-0.4, -0.2) is 138 Å². The number of aliphatic hydroxyl groups is 1. The van der Waals surface area contributed by atoms with Crippen LogP contribution in [0.15, 0.2) is 77.3 Å². The smallest absolute Gasteiger partial charge is 0.248 e. The van der Waals surface area contributed by atoms with Crippen molar-refractivity contribution in [2.24, 2.45) is 5.41 Å². The SMILES string of the molecule is Cc1cc(Nc2ncc(Cl)c(Nc3ccccc3S(=O)(=O)C(C)C)n2)c(OC(C)C)cc1C1CCN(C(=O)COCCOCC(=O)NC(C(=O)N2C[C@H](O)C[C@H]2C(=O)NC(C)c2ccc(-c3scnc3C)cc2)C(C)(C)C)CC1. The highest BCUT2D eigenvalue weighted by Crippen LogP contribution is 2.39. The van der Waals surface area contributed by atoms with E-state index in [2.05, 4.69) is 36.2 Å². The van der Waals surface area contributed by atoms with Crippen LogP contribution in [0.3, 0.4) is 0 Å². The van der Waals surface area contributed by atoms with Crippen molar-refractivity contribution in [3.8, 4) is 16.2 Å². The molecule has 0 radical (unpaired) electrons. The number of halogens is 1. The van der Waals surface area contributed by atoms with Crippen molar-refractivity contribution < 1.29 is 46.9 Å². The fourth-order valence-corrected chi connectivity index (χ4v) is 11.8. The summed E-state index contributed by atoms with van der Waals surface area (Å²) in [6.07, 6.45) is 1.86. The standard InChI is InChI=1S/C57H74ClN9O10S2/c1-33(2)77-47-27-42(35(5)25-45(47)63-56-59-28-43(58)53(65-56)62-44-13-11-12-14-48(44)79(73,74)34(3)4)39-19-21-66(22-20-39)50(70)31-76-24-23-75-30-49(69)64-52(57(8,9)10)55(72)67-29-41(68)26-46(67)54(71)61-36(6)38-15-17-40(18-16-38)51-37(7)60-32-78-51/h11-18,25,27-28,32-34,36,39,41,46,52,68H,19-24,26,29-31H2,1-10H3,(H,61,71)(H,64,69)(H2,59,62,63,65)/t36?,41-,46+,52?/m1/s1. The number of amides is 4. The molecule has 0 saturated carbocycles. The van der Waals surface area contributed by atoms with E-state index in [0.29, 0.717) is 30.2 Å². The normalized spacial score (nSPS) is 16.9. The van der Waals surface area contributed by atoms with Crippen molar-refractivity contribution in [1.29, 1.82) is 0 Å². The molecular weight excluding hydrogens is 1070 g/mol. The number of carbonyl (C=O) groups is 4. The highest BCUT2D eigenvalue weighted by Gasteiger charge is 2.45. The first-order valence-electron chi connectivity index (χ1n) is 26.6. The number of hydrogen-bond acceptors (Lipinski definition) is 16. The van der Waals surface area contributed by atoms with Crippen LogP contribution in [0.5, 0.6) is 5.75 Å². The van der Waals surface area contributed by atoms with E-state index in [1.165, 1.54) is 11.1 Å². The van der Waals surface area contributed by atoms with Crippen LogP contribution in [0.2, 0.25) is 5.02 Å². The van der Waals surface area contributed by atoms with E-state index < -0.39 is 56.4 Å². The van der Waals surface area contributed by atoms with E-state index in [-0.39, 0.29) is 85.0 Å². The molecule has 0 spiro atoms. The molecule has 2 fully saturated rings. The molecule has 7 rings (SSSR count). The second kappa shape index (κ2) is 26.4. The van der Waals surface area contributed by atoms with Crippen molar-refractivity contribution in [2.75, 3.05) is 56.7 Å². The number of rotatable bonds is 22. The Balaban J connectivity index is 0.858. The number of nitrogens with one attached hydrogen (secondary N) is 4. The molecule has 5 N–H and O–H groups in total. The third-order valence-corrected chi connectivity index (χ3v) is 17.4. The molecule has 2 aliphatic rings. The third-order valence-electron chi connectivity index (χ3n) is 14.0. The van der Waals surface area contributed by atoms with Gasteiger partial charge in [-0.1, -0.05) is 68.8 Å². The van der Waals surface area contributed by atoms with E-state index in [0.717, 1.165) is 45.7 Å². The molecule has 3 aromatic carbocycles. The van der Waals surface area contributed by atoms with E-state index in [4.69, 9.17) is 25.8 Å². The number of para-hydroxylation sites is 1. The fraction of sp³-hybridized carbons (Fsp3) is 0.491. The molecule has 2 unspecified atom stereocenters. The number of aryl methyl sites for hydroxylation is 2. The van der Waals surface area contributed by atoms with Gasteiger partial charge in [-0.2, -0.15) is 4.98 Å². The van der Waals surface area contributed by atoms with Gasteiger partial charge in [0.2, 0.25) is 29.6 Å². The second-order valence-electron chi connectivity index (χ2n) is 21.7. The van der Waals surface area contributed by atoms with Gasteiger partial charge in [-0.15, -0.1) is 11.3 Å². The summed E-state index contributed by atoms with van der Waals surface area (Å²) in [7, 11) is -3.61. The summed E-state index contributed by atoms with van der Waals surface area (Å²) in [6.45, 7) is 19.0. The molecule has 2 aliphatic heterocycles. The summed E-state index contributed by atoms with van der Waals surface area (Å²) < 4.78 is 43.8. The average molecular weight is 1140 g/mol. The molecule has 426 valence electrons. The molecule has 4 heterocycles. The zero-order chi connectivity index (χ0) is 57.3. The topological polar surface area (TPSA) is 244 Å². The number of β-amino-alcohol motifs (C(OH)–C–C–N with tert-alkyl or cyclic N) is 1. The highest BCUT2D eigenvalue weighted by molar-refractivity contribution is 7.92. The first-order chi connectivity index (χ1) is 37.4. The van der Waals surface area contributed by atoms with Gasteiger partial charge >= 0.3 is 0 Å². The maximum Gasteiger partial charge on any atom is 0.248 e. The minimum absolute atomic E-state index is 0.0236. The second-order valence-corrected chi connectivity index (χ2v) is 25.5. The van der Waals surface area contributed by atoms with Gasteiger partial charge in [0.15, 0.2) is 15.7 Å². The number of anilines is 4. The highest BCUT2D eigenvalue weighted by atomic mass is 35.5. The van der Waals surface area contributed by atoms with E-state index >= 15 is 0 Å². The first-order valence-corrected chi connectivity index (χ1v) is 29.4. The van der Waals surface area contributed by atoms with Crippen molar-refractivity contribution in [3.63, 3.8) is 0 Å². The van der Waals surface area contributed by atoms with Crippen LogP contribution in [0.1, 0.15) is 109 Å². The Labute approximate surface area is 472 Å². The number of aromatic nitrogens is 3. The van der Waals surface area contributed by atoms with Crippen LogP contribution in [0.4, 0.5) is 23.1 Å². The summed E-state index contributed by atoms with van der Waals surface area (Å²) >= 11 is 8.08. The molecule has 19 nitrogen and oxygen atoms in total. The number of sulfone groups is 1. The molecular formula is C57H74ClN9O10S2. The average Bonchev–Trinajstić information content (AvgIpc) is 4.04. The van der Waals surface area contributed by atoms with Gasteiger partial charge in [-0.3, -0.25) is 19.2 Å². The lowest BCUT2D eigenvalue weighted by atomic mass is 9.85. The maximum atomic E-state index is 14.1. The first kappa shape index (κ1) is 60.4. The largest absolute Gasteiger partial charge is 0.489 e. The predicted octanol–water partition coefficient (Wildman–Crippen LogP) is 8.44. The number of ether oxygens (including phenoxy) is 3. The van der Waals surface area contributed by atoms with Crippen LogP contribution >= 0.6 is 22.9 Å². The molecule has 0 aliphatic carbocycles. The summed E-state index contributed by atoms with van der Waals surface area (Å²) in [5.74, 6) is -0.399. The Kier molecular flexibility index (Phi) is 20.2. The van der Waals surface area contributed by atoms with Gasteiger partial charge in [0.1, 0.15) is 36.1 Å². The number of nitrogens with zero attached hydrogens (tertiary/aromatic N) is 5. The Morgan fingerprint density at radius 1 is 0.886 bits per heavy atom. The van der Waals surface area contributed by atoms with Gasteiger partial charge in [0.05, 0.1) is 75.3 Å². The van der Waals surface area contributed by atoms with Gasteiger partial charge in [-0.25, -0.2) is 18.4 Å². The molecule has 4 atom stereocenters. The number of likely N-dealkylation sites (tertiary alicyclic amines) is 2. The maximum absolute atomic E-state index is 14.1. The van der Waals surface area contributed by atoms with E-state index in [1.807, 2.05) is 91.8 Å². The Morgan fingerprint density at radius 3 is 2.22 bits per heavy atom. The minimum Gasteiger partial charge on any atom is -0.489 e. The van der Waals surface area contributed by atoms with E-state index in [9.17, 15) is 32.7 Å². The summed E-state index contributed by atoms with van der Waals surface area (Å²) in [6, 6.07) is 16.1. The quantitative estimate of drug-likeness (QED) is 0.0408. The Hall–Kier alpha value is -6.23. The molecule has 22 heteroatoms. The molecule has 2 saturated heterocycles. The van der Waals surface area contributed by atoms with Gasteiger partial charge in [-0.05, 0) is 119 Å². The van der Waals surface area contributed by atoms with Gasteiger partial charge < -0.3 is 50.4 Å². The molecule has 0 bridgehead atoms. The predicted molar refractivity (Wildman–Crippen MR) is 306 cm³/mol. The van der Waals surface area contributed by atoms with Gasteiger partial charge in [0.25, 0.3) is 0 Å². The molecule has 4 amide bonds. The number of benzene rings is 3. The molecule has 2 aromatic heterocycles. The van der Waals surface area contributed by atoms with Crippen LogP contribution in [-0.2, 0) is 38.5 Å². The van der Waals surface area contributed by atoms with Crippen molar-refractivity contribution in [3.05, 3.63) is 99.8 Å². The van der Waals surface area contributed by atoms with Crippen LogP contribution < -0.4 is 26.0 Å². The lowest BCUT2D eigenvalue weighted by Crippen LogP contribution is -2.58. The molecule has 79 heavy (non-hydrogen) atoms. The lowest BCUT2D eigenvalue weighted by molar-refractivity contribution is -0.145. The van der Waals surface area contributed by atoms with Crippen molar-refractivity contribution in [1.82, 2.24) is 35.4 Å². The zero-order valence-electron chi connectivity index (χ0n) is 46.6. The Morgan fingerprint density at radius 2 is 1.57 bits per heavy atom. The zero-order valence-corrected chi connectivity index (χ0v) is 49.0.